The van der Waals surface area contributed by atoms with Crippen LogP contribution in [0.25, 0.3) is 10.8 Å². The molecule has 1 aliphatic rings. The van der Waals surface area contributed by atoms with Crippen LogP contribution < -0.4 is 14.8 Å². The minimum atomic E-state index is -3.74. The standard InChI is InChI=1S/C15H16N2O4S/c1-21-12-4-2-10-3-5-13(9-11(10)8-12)22(19,20)17-14-6-7-16-15(14)18/h2-5,8-9,14,17H,6-7H2,1H3,(H,16,18)/t14-/m0/s1. The van der Waals surface area contributed by atoms with Gasteiger partial charge in [0.15, 0.2) is 0 Å². The summed E-state index contributed by atoms with van der Waals surface area (Å²) >= 11 is 0. The van der Waals surface area contributed by atoms with Crippen molar-refractivity contribution in [1.82, 2.24) is 10.0 Å². The molecule has 1 saturated heterocycles. The fourth-order valence-corrected chi connectivity index (χ4v) is 3.72. The number of benzene rings is 2. The van der Waals surface area contributed by atoms with Gasteiger partial charge in [-0.2, -0.15) is 4.72 Å². The lowest BCUT2D eigenvalue weighted by atomic mass is 10.1. The zero-order valence-corrected chi connectivity index (χ0v) is 12.8. The third kappa shape index (κ3) is 2.77. The Labute approximate surface area is 128 Å². The number of fused-ring (bicyclic) bond motifs is 1. The number of nitrogens with one attached hydrogen (secondary N) is 2. The smallest absolute Gasteiger partial charge is 0.241 e. The van der Waals surface area contributed by atoms with Crippen molar-refractivity contribution < 1.29 is 17.9 Å². The molecule has 0 aliphatic carbocycles. The average Bonchev–Trinajstić information content (AvgIpc) is 2.90. The zero-order chi connectivity index (χ0) is 15.7. The van der Waals surface area contributed by atoms with Gasteiger partial charge in [-0.15, -0.1) is 0 Å². The van der Waals surface area contributed by atoms with Crippen molar-refractivity contribution in [2.45, 2.75) is 17.4 Å². The van der Waals surface area contributed by atoms with E-state index < -0.39 is 16.1 Å². The highest BCUT2D eigenvalue weighted by molar-refractivity contribution is 7.89. The molecule has 116 valence electrons. The molecule has 0 spiro atoms. The molecular formula is C15H16N2O4S. The maximum atomic E-state index is 12.4. The third-order valence-corrected chi connectivity index (χ3v) is 5.14. The highest BCUT2D eigenvalue weighted by Crippen LogP contribution is 2.24. The first kappa shape index (κ1) is 14.8. The van der Waals surface area contributed by atoms with E-state index in [-0.39, 0.29) is 10.8 Å². The highest BCUT2D eigenvalue weighted by Gasteiger charge is 2.29. The predicted octanol–water partition coefficient (Wildman–Crippen LogP) is 1.02. The zero-order valence-electron chi connectivity index (χ0n) is 12.0. The second-order valence-electron chi connectivity index (χ2n) is 5.13. The van der Waals surface area contributed by atoms with E-state index in [1.807, 2.05) is 12.1 Å². The fraction of sp³-hybridized carbons (Fsp3) is 0.267. The summed E-state index contributed by atoms with van der Waals surface area (Å²) in [6.45, 7) is 0.487. The summed E-state index contributed by atoms with van der Waals surface area (Å²) in [7, 11) is -2.18. The van der Waals surface area contributed by atoms with Crippen LogP contribution >= 0.6 is 0 Å². The van der Waals surface area contributed by atoms with Crippen molar-refractivity contribution in [2.75, 3.05) is 13.7 Å². The minimum absolute atomic E-state index is 0.132. The van der Waals surface area contributed by atoms with Gasteiger partial charge >= 0.3 is 0 Å². The van der Waals surface area contributed by atoms with Crippen molar-refractivity contribution in [3.05, 3.63) is 36.4 Å². The van der Waals surface area contributed by atoms with Crippen LogP contribution in [0.4, 0.5) is 0 Å². The summed E-state index contributed by atoms with van der Waals surface area (Å²) in [5.74, 6) is 0.371. The van der Waals surface area contributed by atoms with Gasteiger partial charge in [0.05, 0.1) is 12.0 Å². The molecule has 0 saturated carbocycles. The first-order chi connectivity index (χ1) is 10.5. The molecule has 0 unspecified atom stereocenters. The van der Waals surface area contributed by atoms with Crippen molar-refractivity contribution >= 4 is 26.7 Å². The third-order valence-electron chi connectivity index (χ3n) is 3.68. The van der Waals surface area contributed by atoms with Gasteiger partial charge in [0, 0.05) is 6.54 Å². The van der Waals surface area contributed by atoms with Gasteiger partial charge in [-0.25, -0.2) is 8.42 Å². The van der Waals surface area contributed by atoms with Crippen molar-refractivity contribution in [1.29, 1.82) is 0 Å². The number of carbonyl (C=O) groups is 1. The van der Waals surface area contributed by atoms with Gasteiger partial charge in [0.25, 0.3) is 0 Å². The molecule has 3 rings (SSSR count). The van der Waals surface area contributed by atoms with Gasteiger partial charge in [-0.1, -0.05) is 12.1 Å². The van der Waals surface area contributed by atoms with E-state index in [2.05, 4.69) is 10.0 Å². The average molecular weight is 320 g/mol. The van der Waals surface area contributed by atoms with Crippen LogP contribution in [0.5, 0.6) is 5.75 Å². The highest BCUT2D eigenvalue weighted by atomic mass is 32.2. The molecular weight excluding hydrogens is 304 g/mol. The maximum absolute atomic E-state index is 12.4. The van der Waals surface area contributed by atoms with Crippen molar-refractivity contribution in [3.63, 3.8) is 0 Å². The SMILES string of the molecule is COc1ccc2ccc(S(=O)(=O)N[C@H]3CCNC3=O)cc2c1. The molecule has 1 aliphatic heterocycles. The number of amides is 1. The quantitative estimate of drug-likeness (QED) is 0.881. The van der Waals surface area contributed by atoms with Crippen LogP contribution in [0, 0.1) is 0 Å². The topological polar surface area (TPSA) is 84.5 Å². The Morgan fingerprint density at radius 3 is 2.64 bits per heavy atom. The Bertz CT molecular complexity index is 833. The van der Waals surface area contributed by atoms with Crippen LogP contribution in [0.2, 0.25) is 0 Å². The molecule has 1 atom stereocenters. The second kappa shape index (κ2) is 5.58. The molecule has 1 amide bonds. The van der Waals surface area contributed by atoms with E-state index in [1.165, 1.54) is 6.07 Å². The lowest BCUT2D eigenvalue weighted by molar-refractivity contribution is -0.120. The first-order valence-electron chi connectivity index (χ1n) is 6.87. The normalized spacial score (nSPS) is 18.4. The molecule has 2 aromatic rings. The number of carbonyl (C=O) groups excluding carboxylic acids is 1. The van der Waals surface area contributed by atoms with Crippen LogP contribution in [0.1, 0.15) is 6.42 Å². The van der Waals surface area contributed by atoms with Gasteiger partial charge in [-0.3, -0.25) is 4.79 Å². The Hall–Kier alpha value is -2.12. The van der Waals surface area contributed by atoms with Gasteiger partial charge in [0.2, 0.25) is 15.9 Å². The summed E-state index contributed by atoms with van der Waals surface area (Å²) in [5.41, 5.74) is 0. The van der Waals surface area contributed by atoms with E-state index in [9.17, 15) is 13.2 Å². The summed E-state index contributed by atoms with van der Waals surface area (Å²) in [6, 6.07) is 9.59. The van der Waals surface area contributed by atoms with Crippen molar-refractivity contribution in [3.8, 4) is 5.75 Å². The number of hydrogen-bond donors (Lipinski definition) is 2. The second-order valence-corrected chi connectivity index (χ2v) is 6.84. The molecule has 2 aromatic carbocycles. The molecule has 1 heterocycles. The molecule has 0 bridgehead atoms. The van der Waals surface area contributed by atoms with E-state index in [0.29, 0.717) is 18.7 Å². The molecule has 6 nitrogen and oxygen atoms in total. The predicted molar refractivity (Wildman–Crippen MR) is 82.2 cm³/mol. The Morgan fingerprint density at radius 1 is 1.18 bits per heavy atom. The van der Waals surface area contributed by atoms with Crippen LogP contribution in [0.3, 0.4) is 0 Å². The number of ether oxygens (including phenoxy) is 1. The van der Waals surface area contributed by atoms with Crippen molar-refractivity contribution in [2.24, 2.45) is 0 Å². The number of methoxy groups -OCH3 is 1. The molecule has 7 heteroatoms. The summed E-state index contributed by atoms with van der Waals surface area (Å²) < 4.78 is 32.4. The van der Waals surface area contributed by atoms with E-state index in [0.717, 1.165) is 10.8 Å². The Morgan fingerprint density at radius 2 is 1.95 bits per heavy atom. The minimum Gasteiger partial charge on any atom is -0.497 e. The van der Waals surface area contributed by atoms with Gasteiger partial charge in [0.1, 0.15) is 11.8 Å². The Balaban J connectivity index is 1.95. The summed E-state index contributed by atoms with van der Waals surface area (Å²) in [5, 5.41) is 4.28. The summed E-state index contributed by atoms with van der Waals surface area (Å²) in [4.78, 5) is 11.7. The van der Waals surface area contributed by atoms with E-state index in [4.69, 9.17) is 4.74 Å². The number of hydrogen-bond acceptors (Lipinski definition) is 4. The number of rotatable bonds is 4. The molecule has 0 aromatic heterocycles. The number of sulfonamides is 1. The van der Waals surface area contributed by atoms with Gasteiger partial charge in [-0.05, 0) is 41.5 Å². The van der Waals surface area contributed by atoms with Crippen LogP contribution in [0.15, 0.2) is 41.3 Å². The largest absolute Gasteiger partial charge is 0.497 e. The van der Waals surface area contributed by atoms with E-state index in [1.54, 1.807) is 25.3 Å². The molecule has 1 fully saturated rings. The Kier molecular flexibility index (Phi) is 3.76. The van der Waals surface area contributed by atoms with E-state index >= 15 is 0 Å². The molecule has 22 heavy (non-hydrogen) atoms. The lowest BCUT2D eigenvalue weighted by Crippen LogP contribution is -2.40. The lowest BCUT2D eigenvalue weighted by Gasteiger charge is -2.11. The molecule has 0 radical (unpaired) electrons. The maximum Gasteiger partial charge on any atom is 0.241 e. The van der Waals surface area contributed by atoms with Crippen LogP contribution in [-0.2, 0) is 14.8 Å². The summed E-state index contributed by atoms with van der Waals surface area (Å²) in [6.07, 6.45) is 0.458. The van der Waals surface area contributed by atoms with Gasteiger partial charge < -0.3 is 10.1 Å². The monoisotopic (exact) mass is 320 g/mol. The molecule has 2 N–H and O–H groups in total. The van der Waals surface area contributed by atoms with Crippen LogP contribution in [-0.4, -0.2) is 34.0 Å². The fourth-order valence-electron chi connectivity index (χ4n) is 2.46. The first-order valence-corrected chi connectivity index (χ1v) is 8.36.